The highest BCUT2D eigenvalue weighted by atomic mass is 16.2. The van der Waals surface area contributed by atoms with Crippen LogP contribution in [0.3, 0.4) is 0 Å². The van der Waals surface area contributed by atoms with E-state index in [0.29, 0.717) is 12.6 Å². The fourth-order valence-electron chi connectivity index (χ4n) is 2.30. The Hall–Kier alpha value is -0.610. The van der Waals surface area contributed by atoms with Crippen LogP contribution in [0, 0.1) is 0 Å². The SMILES string of the molecule is CCN(CCN)C[C@H]1CCCN1C(C)=O. The van der Waals surface area contributed by atoms with Gasteiger partial charge in [0.2, 0.25) is 5.91 Å². The molecule has 0 aromatic rings. The van der Waals surface area contributed by atoms with E-state index in [2.05, 4.69) is 11.8 Å². The Labute approximate surface area is 92.4 Å². The van der Waals surface area contributed by atoms with E-state index in [1.165, 1.54) is 0 Å². The van der Waals surface area contributed by atoms with Crippen molar-refractivity contribution in [1.29, 1.82) is 0 Å². The maximum absolute atomic E-state index is 11.4. The molecule has 1 aliphatic rings. The number of hydrogen-bond donors (Lipinski definition) is 1. The van der Waals surface area contributed by atoms with Gasteiger partial charge in [-0.1, -0.05) is 6.92 Å². The molecule has 0 aromatic heterocycles. The van der Waals surface area contributed by atoms with Crippen molar-refractivity contribution in [2.75, 3.05) is 32.7 Å². The normalized spacial score (nSPS) is 21.3. The van der Waals surface area contributed by atoms with Crippen LogP contribution in [0.2, 0.25) is 0 Å². The van der Waals surface area contributed by atoms with E-state index in [-0.39, 0.29) is 5.91 Å². The van der Waals surface area contributed by atoms with E-state index in [9.17, 15) is 4.79 Å². The Kier molecular flexibility index (Phi) is 5.05. The first-order chi connectivity index (χ1) is 7.19. The summed E-state index contributed by atoms with van der Waals surface area (Å²) >= 11 is 0. The summed E-state index contributed by atoms with van der Waals surface area (Å²) in [7, 11) is 0. The Balaban J connectivity index is 2.44. The number of carbonyl (C=O) groups excluding carboxylic acids is 1. The molecule has 0 aromatic carbocycles. The standard InChI is InChI=1S/C11H23N3O/c1-3-13(8-6-12)9-11-5-4-7-14(11)10(2)15/h11H,3-9,12H2,1-2H3/t11-/m1/s1. The molecular weight excluding hydrogens is 190 g/mol. The zero-order chi connectivity index (χ0) is 11.3. The molecule has 0 radical (unpaired) electrons. The molecule has 0 spiro atoms. The number of rotatable bonds is 5. The van der Waals surface area contributed by atoms with Crippen molar-refractivity contribution in [3.8, 4) is 0 Å². The molecule has 15 heavy (non-hydrogen) atoms. The molecule has 0 unspecified atom stereocenters. The van der Waals surface area contributed by atoms with Crippen LogP contribution in [-0.2, 0) is 4.79 Å². The smallest absolute Gasteiger partial charge is 0.219 e. The predicted molar refractivity (Wildman–Crippen MR) is 61.6 cm³/mol. The van der Waals surface area contributed by atoms with E-state index >= 15 is 0 Å². The van der Waals surface area contributed by atoms with Crippen LogP contribution in [0.5, 0.6) is 0 Å². The van der Waals surface area contributed by atoms with Crippen molar-refractivity contribution in [2.45, 2.75) is 32.7 Å². The lowest BCUT2D eigenvalue weighted by atomic mass is 10.2. The number of likely N-dealkylation sites (tertiary alicyclic amines) is 1. The molecule has 0 bridgehead atoms. The second-order valence-electron chi connectivity index (χ2n) is 4.19. The third-order valence-electron chi connectivity index (χ3n) is 3.14. The Morgan fingerprint density at radius 2 is 2.33 bits per heavy atom. The van der Waals surface area contributed by atoms with Crippen molar-refractivity contribution >= 4 is 5.91 Å². The van der Waals surface area contributed by atoms with E-state index in [1.54, 1.807) is 6.92 Å². The van der Waals surface area contributed by atoms with Crippen molar-refractivity contribution in [3.63, 3.8) is 0 Å². The first kappa shape index (κ1) is 12.5. The van der Waals surface area contributed by atoms with Crippen molar-refractivity contribution < 1.29 is 4.79 Å². The molecule has 4 nitrogen and oxygen atoms in total. The Morgan fingerprint density at radius 3 is 2.87 bits per heavy atom. The molecule has 1 saturated heterocycles. The minimum absolute atomic E-state index is 0.210. The molecule has 2 N–H and O–H groups in total. The van der Waals surface area contributed by atoms with E-state index in [0.717, 1.165) is 39.0 Å². The minimum Gasteiger partial charge on any atom is -0.339 e. The van der Waals surface area contributed by atoms with Crippen LogP contribution >= 0.6 is 0 Å². The predicted octanol–water partition coefficient (Wildman–Crippen LogP) is 0.278. The summed E-state index contributed by atoms with van der Waals surface area (Å²) < 4.78 is 0. The van der Waals surface area contributed by atoms with Crippen molar-refractivity contribution in [2.24, 2.45) is 5.73 Å². The summed E-state index contributed by atoms with van der Waals surface area (Å²) in [4.78, 5) is 15.7. The number of likely N-dealkylation sites (N-methyl/N-ethyl adjacent to an activating group) is 1. The quantitative estimate of drug-likeness (QED) is 0.713. The molecule has 1 rings (SSSR count). The number of nitrogens with two attached hydrogens (primary N) is 1. The van der Waals surface area contributed by atoms with Gasteiger partial charge in [-0.05, 0) is 19.4 Å². The third kappa shape index (κ3) is 3.47. The highest BCUT2D eigenvalue weighted by Crippen LogP contribution is 2.18. The number of nitrogens with zero attached hydrogens (tertiary/aromatic N) is 2. The van der Waals surface area contributed by atoms with Gasteiger partial charge >= 0.3 is 0 Å². The van der Waals surface area contributed by atoms with Crippen molar-refractivity contribution in [3.05, 3.63) is 0 Å². The monoisotopic (exact) mass is 213 g/mol. The maximum atomic E-state index is 11.4. The summed E-state index contributed by atoms with van der Waals surface area (Å²) in [6.07, 6.45) is 2.28. The second kappa shape index (κ2) is 6.08. The van der Waals surface area contributed by atoms with Gasteiger partial charge in [0.1, 0.15) is 0 Å². The molecular formula is C11H23N3O. The van der Waals surface area contributed by atoms with Crippen LogP contribution < -0.4 is 5.73 Å². The Morgan fingerprint density at radius 1 is 1.60 bits per heavy atom. The lowest BCUT2D eigenvalue weighted by Gasteiger charge is -2.29. The molecule has 0 saturated carbocycles. The van der Waals surface area contributed by atoms with Gasteiger partial charge in [0.15, 0.2) is 0 Å². The zero-order valence-electron chi connectivity index (χ0n) is 9.91. The molecule has 1 atom stereocenters. The van der Waals surface area contributed by atoms with Crippen LogP contribution in [-0.4, -0.2) is 54.5 Å². The van der Waals surface area contributed by atoms with Gasteiger partial charge in [-0.3, -0.25) is 4.79 Å². The molecule has 4 heteroatoms. The van der Waals surface area contributed by atoms with Crippen molar-refractivity contribution in [1.82, 2.24) is 9.80 Å². The number of amides is 1. The average Bonchev–Trinajstić information content (AvgIpc) is 2.65. The maximum Gasteiger partial charge on any atom is 0.219 e. The molecule has 1 amide bonds. The van der Waals surface area contributed by atoms with Gasteiger partial charge in [-0.25, -0.2) is 0 Å². The first-order valence-corrected chi connectivity index (χ1v) is 5.88. The third-order valence-corrected chi connectivity index (χ3v) is 3.14. The summed E-state index contributed by atoms with van der Waals surface area (Å²) in [5.74, 6) is 0.210. The van der Waals surface area contributed by atoms with E-state index < -0.39 is 0 Å². The Bertz CT molecular complexity index is 208. The fraction of sp³-hybridized carbons (Fsp3) is 0.909. The zero-order valence-corrected chi connectivity index (χ0v) is 9.91. The molecule has 1 aliphatic heterocycles. The van der Waals surface area contributed by atoms with Crippen LogP contribution in [0.15, 0.2) is 0 Å². The van der Waals surface area contributed by atoms with Gasteiger partial charge in [0.05, 0.1) is 0 Å². The lowest BCUT2D eigenvalue weighted by Crippen LogP contribution is -2.43. The fourth-order valence-corrected chi connectivity index (χ4v) is 2.30. The van der Waals surface area contributed by atoms with Crippen LogP contribution in [0.1, 0.15) is 26.7 Å². The van der Waals surface area contributed by atoms with Gasteiger partial charge in [-0.2, -0.15) is 0 Å². The van der Waals surface area contributed by atoms with Gasteiger partial charge in [0.25, 0.3) is 0 Å². The molecule has 1 heterocycles. The van der Waals surface area contributed by atoms with Gasteiger partial charge < -0.3 is 15.5 Å². The molecule has 88 valence electrons. The van der Waals surface area contributed by atoms with E-state index in [1.807, 2.05) is 4.90 Å². The minimum atomic E-state index is 0.210. The summed E-state index contributed by atoms with van der Waals surface area (Å²) in [5, 5.41) is 0. The van der Waals surface area contributed by atoms with Gasteiger partial charge in [-0.15, -0.1) is 0 Å². The number of hydrogen-bond acceptors (Lipinski definition) is 3. The summed E-state index contributed by atoms with van der Waals surface area (Å²) in [5.41, 5.74) is 5.55. The van der Waals surface area contributed by atoms with Gasteiger partial charge in [0, 0.05) is 39.1 Å². The van der Waals surface area contributed by atoms with E-state index in [4.69, 9.17) is 5.73 Å². The summed E-state index contributed by atoms with van der Waals surface area (Å²) in [6, 6.07) is 0.411. The number of carbonyl (C=O) groups is 1. The second-order valence-corrected chi connectivity index (χ2v) is 4.19. The first-order valence-electron chi connectivity index (χ1n) is 5.88. The highest BCUT2D eigenvalue weighted by molar-refractivity contribution is 5.73. The average molecular weight is 213 g/mol. The topological polar surface area (TPSA) is 49.6 Å². The lowest BCUT2D eigenvalue weighted by molar-refractivity contribution is -0.129. The largest absolute Gasteiger partial charge is 0.339 e. The molecule has 0 aliphatic carbocycles. The highest BCUT2D eigenvalue weighted by Gasteiger charge is 2.27. The summed E-state index contributed by atoms with van der Waals surface area (Å²) in [6.45, 7) is 8.35. The molecule has 1 fully saturated rings. The van der Waals surface area contributed by atoms with Crippen LogP contribution in [0.4, 0.5) is 0 Å². The van der Waals surface area contributed by atoms with Crippen LogP contribution in [0.25, 0.3) is 0 Å².